The van der Waals surface area contributed by atoms with Crippen LogP contribution in [0.4, 0.5) is 0 Å². The first kappa shape index (κ1) is 7.35. The zero-order valence-electron chi connectivity index (χ0n) is 3.94. The molecule has 3 nitrogen and oxygen atoms in total. The maximum absolute atomic E-state index is 10.0. The molecule has 0 atom stereocenters. The molecule has 40 valence electrons. The van der Waals surface area contributed by atoms with E-state index in [1.807, 2.05) is 0 Å². The fourth-order valence-corrected chi connectivity index (χ4v) is 0.326. The average molecular weight is 296 g/mol. The van der Waals surface area contributed by atoms with E-state index in [4.69, 9.17) is 0 Å². The van der Waals surface area contributed by atoms with Crippen molar-refractivity contribution in [1.29, 1.82) is 0 Å². The zero-order valence-corrected chi connectivity index (χ0v) is 9.44. The van der Waals surface area contributed by atoms with Crippen LogP contribution < -0.4 is 5.48 Å². The van der Waals surface area contributed by atoms with Gasteiger partial charge in [-0.2, -0.15) is 0 Å². The third kappa shape index (κ3) is 2.23. The molecule has 7 heavy (non-hydrogen) atoms. The normalized spacial score (nSPS) is 18.0. The van der Waals surface area contributed by atoms with Crippen LogP contribution in [0.3, 0.4) is 0 Å². The molecule has 2 radical (unpaired) electrons. The van der Waals surface area contributed by atoms with Crippen molar-refractivity contribution in [3.05, 3.63) is 0 Å². The van der Waals surface area contributed by atoms with Gasteiger partial charge in [-0.15, -0.1) is 0 Å². The van der Waals surface area contributed by atoms with Gasteiger partial charge in [-0.1, -0.05) is 0 Å². The molecule has 1 rings (SSSR count). The van der Waals surface area contributed by atoms with Gasteiger partial charge in [0.1, 0.15) is 0 Å². The van der Waals surface area contributed by atoms with Crippen molar-refractivity contribution >= 4 is 33.2 Å². The van der Waals surface area contributed by atoms with Crippen LogP contribution >= 0.6 is 0 Å². The molecule has 1 N–H and O–H groups in total. The third-order valence-electron chi connectivity index (χ3n) is 0.617. The van der Waals surface area contributed by atoms with Gasteiger partial charge in [-0.25, -0.2) is 5.48 Å². The predicted molar refractivity (Wildman–Crippen MR) is 27.3 cm³/mol. The summed E-state index contributed by atoms with van der Waals surface area (Å²) in [5, 5.41) is 0. The van der Waals surface area contributed by atoms with Crippen LogP contribution in [0.2, 0.25) is 0 Å². The van der Waals surface area contributed by atoms with E-state index in [0.717, 1.165) is 0 Å². The second kappa shape index (κ2) is 3.37. The molecule has 1 saturated heterocycles. The molecular formula is C3H7NO2Pb. The van der Waals surface area contributed by atoms with E-state index in [1.165, 1.54) is 0 Å². The quantitative estimate of drug-likeness (QED) is 0.554. The van der Waals surface area contributed by atoms with Crippen molar-refractivity contribution in [1.82, 2.24) is 5.48 Å². The number of carbonyl (C=O) groups is 1. The summed E-state index contributed by atoms with van der Waals surface area (Å²) < 4.78 is 0. The summed E-state index contributed by atoms with van der Waals surface area (Å²) in [5.74, 6) is -0.0185. The van der Waals surface area contributed by atoms with Gasteiger partial charge in [0, 0.05) is 0 Å². The van der Waals surface area contributed by atoms with Crippen LogP contribution in [-0.4, -0.2) is 39.8 Å². The van der Waals surface area contributed by atoms with Gasteiger partial charge in [-0.3, -0.25) is 9.63 Å². The molecule has 0 saturated carbocycles. The van der Waals surface area contributed by atoms with Gasteiger partial charge >= 0.3 is 27.3 Å². The molecule has 0 aromatic carbocycles. The standard InChI is InChI=1S/C3H5NO2.Pb.2H/c5-3-1-2-6-4-3;;;/h1-2H2,(H,4,5);;;. The summed E-state index contributed by atoms with van der Waals surface area (Å²) >= 11 is 0. The van der Waals surface area contributed by atoms with Crippen LogP contribution in [0, 0.1) is 0 Å². The van der Waals surface area contributed by atoms with Gasteiger partial charge < -0.3 is 0 Å². The summed E-state index contributed by atoms with van der Waals surface area (Å²) in [6, 6.07) is 0. The maximum atomic E-state index is 10.0. The number of rotatable bonds is 0. The number of hydrogen-bond acceptors (Lipinski definition) is 2. The SMILES string of the molecule is O=C1CCON1.[PbH2]. The van der Waals surface area contributed by atoms with E-state index in [9.17, 15) is 4.79 Å². The Balaban J connectivity index is 0.000000360. The molecular weight excluding hydrogens is 289 g/mol. The fourth-order valence-electron chi connectivity index (χ4n) is 0.326. The Morgan fingerprint density at radius 1 is 1.71 bits per heavy atom. The van der Waals surface area contributed by atoms with E-state index in [1.54, 1.807) is 0 Å². The second-order valence-electron chi connectivity index (χ2n) is 1.12. The third-order valence-corrected chi connectivity index (χ3v) is 0.617. The molecule has 1 amide bonds. The van der Waals surface area contributed by atoms with Gasteiger partial charge in [0.2, 0.25) is 5.91 Å². The van der Waals surface area contributed by atoms with Crippen LogP contribution in [0.15, 0.2) is 0 Å². The summed E-state index contributed by atoms with van der Waals surface area (Å²) in [4.78, 5) is 14.5. The molecule has 0 bridgehead atoms. The monoisotopic (exact) mass is 297 g/mol. The first-order valence-corrected chi connectivity index (χ1v) is 1.80. The second-order valence-corrected chi connectivity index (χ2v) is 1.12. The van der Waals surface area contributed by atoms with Gasteiger partial charge in [-0.05, 0) is 0 Å². The van der Waals surface area contributed by atoms with Crippen molar-refractivity contribution < 1.29 is 9.63 Å². The first-order valence-electron chi connectivity index (χ1n) is 1.80. The minimum absolute atomic E-state index is 0. The zero-order chi connectivity index (χ0) is 4.41. The van der Waals surface area contributed by atoms with E-state index < -0.39 is 0 Å². The molecule has 0 aromatic heterocycles. The number of hydroxylamine groups is 1. The summed E-state index contributed by atoms with van der Waals surface area (Å²) in [5.41, 5.74) is 2.18. The number of amides is 1. The minimum atomic E-state index is -0.0185. The van der Waals surface area contributed by atoms with Gasteiger partial charge in [0.05, 0.1) is 13.0 Å². The Bertz CT molecular complexity index is 67.3. The summed E-state index contributed by atoms with van der Waals surface area (Å²) in [6.45, 7) is 0.527. The topological polar surface area (TPSA) is 38.3 Å². The Kier molecular flexibility index (Phi) is 3.54. The molecule has 0 aliphatic carbocycles. The van der Waals surface area contributed by atoms with Crippen LogP contribution in [0.1, 0.15) is 6.42 Å². The Morgan fingerprint density at radius 2 is 2.43 bits per heavy atom. The summed E-state index contributed by atoms with van der Waals surface area (Å²) in [7, 11) is 0. The van der Waals surface area contributed by atoms with Crippen molar-refractivity contribution in [2.45, 2.75) is 6.42 Å². The van der Waals surface area contributed by atoms with Crippen molar-refractivity contribution in [2.75, 3.05) is 6.61 Å². The van der Waals surface area contributed by atoms with Crippen molar-refractivity contribution in [3.63, 3.8) is 0 Å². The van der Waals surface area contributed by atoms with Gasteiger partial charge in [0.15, 0.2) is 0 Å². The molecule has 4 heteroatoms. The van der Waals surface area contributed by atoms with E-state index in [-0.39, 0.29) is 33.2 Å². The molecule has 1 heterocycles. The molecule has 0 spiro atoms. The van der Waals surface area contributed by atoms with E-state index in [0.29, 0.717) is 13.0 Å². The Morgan fingerprint density at radius 3 is 2.57 bits per heavy atom. The number of nitrogens with one attached hydrogen (secondary N) is 1. The molecule has 1 aliphatic rings. The average Bonchev–Trinajstić information content (AvgIpc) is 1.86. The van der Waals surface area contributed by atoms with E-state index >= 15 is 0 Å². The summed E-state index contributed by atoms with van der Waals surface area (Å²) in [6.07, 6.45) is 0.514. The molecule has 1 aliphatic heterocycles. The predicted octanol–water partition coefficient (Wildman–Crippen LogP) is -1.48. The van der Waals surface area contributed by atoms with Crippen molar-refractivity contribution in [2.24, 2.45) is 0 Å². The Hall–Kier alpha value is 0.352. The van der Waals surface area contributed by atoms with Gasteiger partial charge in [0.25, 0.3) is 0 Å². The van der Waals surface area contributed by atoms with E-state index in [2.05, 4.69) is 10.3 Å². The number of carbonyl (C=O) groups excluding carboxylic acids is 1. The Labute approximate surface area is 61.5 Å². The van der Waals surface area contributed by atoms with Crippen molar-refractivity contribution in [3.8, 4) is 0 Å². The fraction of sp³-hybridized carbons (Fsp3) is 0.667. The van der Waals surface area contributed by atoms with Crippen LogP contribution in [-0.2, 0) is 9.63 Å². The number of hydrogen-bond donors (Lipinski definition) is 1. The molecule has 1 fully saturated rings. The first-order chi connectivity index (χ1) is 2.89. The molecule has 0 unspecified atom stereocenters. The van der Waals surface area contributed by atoms with Crippen LogP contribution in [0.5, 0.6) is 0 Å². The van der Waals surface area contributed by atoms with Crippen LogP contribution in [0.25, 0.3) is 0 Å². The molecule has 0 aromatic rings.